The minimum Gasteiger partial charge on any atom is -0.436 e. The van der Waals surface area contributed by atoms with Crippen molar-refractivity contribution in [3.63, 3.8) is 0 Å². The highest BCUT2D eigenvalue weighted by Crippen LogP contribution is 2.36. The highest BCUT2D eigenvalue weighted by Gasteiger charge is 2.29. The fourth-order valence-corrected chi connectivity index (χ4v) is 4.10. The van der Waals surface area contributed by atoms with Crippen molar-refractivity contribution < 1.29 is 23.4 Å². The van der Waals surface area contributed by atoms with Crippen LogP contribution in [0.3, 0.4) is 0 Å². The van der Waals surface area contributed by atoms with Gasteiger partial charge in [0.15, 0.2) is 11.6 Å². The molecule has 0 aliphatic heterocycles. The Kier molecular flexibility index (Phi) is 8.07. The Morgan fingerprint density at radius 1 is 1.14 bits per heavy atom. The topological polar surface area (TPSA) is 59.8 Å². The second-order valence-corrected chi connectivity index (χ2v) is 10.5. The Morgan fingerprint density at radius 3 is 2.50 bits per heavy atom. The molecule has 4 rings (SSSR count). The van der Waals surface area contributed by atoms with Crippen LogP contribution in [0.4, 0.5) is 8.78 Å². The molecule has 1 aliphatic carbocycles. The summed E-state index contributed by atoms with van der Waals surface area (Å²) in [7, 11) is 1.74. The van der Waals surface area contributed by atoms with E-state index in [1.54, 1.807) is 11.7 Å². The zero-order valence-corrected chi connectivity index (χ0v) is 21.4. The van der Waals surface area contributed by atoms with Gasteiger partial charge in [0.05, 0.1) is 23.9 Å². The van der Waals surface area contributed by atoms with E-state index in [2.05, 4.69) is 4.90 Å². The molecule has 1 aromatic heterocycles. The molecule has 36 heavy (non-hydrogen) atoms. The van der Waals surface area contributed by atoms with E-state index in [1.807, 2.05) is 51.1 Å². The molecule has 8 heteroatoms. The lowest BCUT2D eigenvalue weighted by Gasteiger charge is -2.27. The van der Waals surface area contributed by atoms with Crippen molar-refractivity contribution in [3.05, 3.63) is 65.7 Å². The number of benzene rings is 2. The molecule has 2 aromatic carbocycles. The minimum atomic E-state index is -0.784. The Labute approximate surface area is 211 Å². The summed E-state index contributed by atoms with van der Waals surface area (Å²) < 4.78 is 41.3. The van der Waals surface area contributed by atoms with E-state index in [1.165, 1.54) is 6.07 Å². The zero-order chi connectivity index (χ0) is 25.9. The number of ether oxygens (including phenoxy) is 2. The van der Waals surface area contributed by atoms with E-state index >= 15 is 0 Å². The lowest BCUT2D eigenvalue weighted by molar-refractivity contribution is -0.0569. The van der Waals surface area contributed by atoms with Gasteiger partial charge in [-0.1, -0.05) is 30.3 Å². The van der Waals surface area contributed by atoms with Gasteiger partial charge in [-0.05, 0) is 51.7 Å². The maximum absolute atomic E-state index is 14.5. The highest BCUT2D eigenvalue weighted by molar-refractivity contribution is 5.65. The first-order valence-corrected chi connectivity index (χ1v) is 12.4. The van der Waals surface area contributed by atoms with E-state index in [9.17, 15) is 13.9 Å². The van der Waals surface area contributed by atoms with Crippen molar-refractivity contribution >= 4 is 0 Å². The summed E-state index contributed by atoms with van der Waals surface area (Å²) in [5, 5.41) is 15.4. The third-order valence-corrected chi connectivity index (χ3v) is 6.01. The monoisotopic (exact) mass is 499 g/mol. The van der Waals surface area contributed by atoms with Gasteiger partial charge in [-0.2, -0.15) is 5.10 Å². The van der Waals surface area contributed by atoms with Crippen LogP contribution in [0.2, 0.25) is 0 Å². The molecule has 194 valence electrons. The molecule has 1 atom stereocenters. The molecule has 0 radical (unpaired) electrons. The largest absolute Gasteiger partial charge is 0.436 e. The molecule has 1 aliphatic rings. The standard InChI is InChI=1S/C28H35F2N3O3/c1-28(2,3)35-18-22(34)16-33(15-19-10-11-19)17-23-26(20-8-6-5-7-9-20)31-32(4)27(23)36-25-13-12-21(29)14-24(25)30/h5-9,12-14,19,22,34H,10-11,15-18H2,1-4H3/t22-/m1/s1. The molecule has 3 aromatic rings. The van der Waals surface area contributed by atoms with Gasteiger partial charge >= 0.3 is 0 Å². The van der Waals surface area contributed by atoms with E-state index in [0.717, 1.165) is 48.3 Å². The molecular weight excluding hydrogens is 464 g/mol. The van der Waals surface area contributed by atoms with Gasteiger partial charge in [0.1, 0.15) is 11.5 Å². The third-order valence-electron chi connectivity index (χ3n) is 6.01. The first-order valence-electron chi connectivity index (χ1n) is 12.4. The summed E-state index contributed by atoms with van der Waals surface area (Å²) in [6.07, 6.45) is 1.65. The van der Waals surface area contributed by atoms with Crippen molar-refractivity contribution in [3.8, 4) is 22.9 Å². The maximum Gasteiger partial charge on any atom is 0.222 e. The fourth-order valence-electron chi connectivity index (χ4n) is 4.10. The quantitative estimate of drug-likeness (QED) is 0.375. The molecule has 0 amide bonds. The SMILES string of the molecule is Cn1nc(-c2ccccc2)c(CN(CC2CC2)C[C@@H](O)COC(C)(C)C)c1Oc1ccc(F)cc1F. The summed E-state index contributed by atoms with van der Waals surface area (Å²) in [4.78, 5) is 2.19. The number of aryl methyl sites for hydroxylation is 1. The Hall–Kier alpha value is -2.81. The molecule has 1 N–H and O–H groups in total. The van der Waals surface area contributed by atoms with Crippen LogP contribution in [0, 0.1) is 17.6 Å². The van der Waals surface area contributed by atoms with Crippen LogP contribution in [0.15, 0.2) is 48.5 Å². The van der Waals surface area contributed by atoms with Crippen molar-refractivity contribution in [2.75, 3.05) is 19.7 Å². The summed E-state index contributed by atoms with van der Waals surface area (Å²) in [5.41, 5.74) is 2.06. The van der Waals surface area contributed by atoms with Crippen LogP contribution in [0.5, 0.6) is 11.6 Å². The number of nitrogens with zero attached hydrogens (tertiary/aromatic N) is 3. The lowest BCUT2D eigenvalue weighted by Crippen LogP contribution is -2.37. The molecule has 0 saturated heterocycles. The van der Waals surface area contributed by atoms with E-state index in [0.29, 0.717) is 24.9 Å². The van der Waals surface area contributed by atoms with Crippen LogP contribution in [-0.2, 0) is 18.3 Å². The molecule has 6 nitrogen and oxygen atoms in total. The molecular formula is C28H35F2N3O3. The molecule has 0 spiro atoms. The highest BCUT2D eigenvalue weighted by atomic mass is 19.1. The Morgan fingerprint density at radius 2 is 1.86 bits per heavy atom. The summed E-state index contributed by atoms with van der Waals surface area (Å²) in [5.74, 6) is -0.574. The number of aliphatic hydroxyl groups excluding tert-OH is 1. The van der Waals surface area contributed by atoms with Gasteiger partial charge < -0.3 is 14.6 Å². The number of hydrogen-bond acceptors (Lipinski definition) is 5. The fraction of sp³-hybridized carbons (Fsp3) is 0.464. The van der Waals surface area contributed by atoms with Crippen LogP contribution < -0.4 is 4.74 Å². The predicted octanol–water partition coefficient (Wildman–Crippen LogP) is 5.55. The first-order chi connectivity index (χ1) is 17.1. The van der Waals surface area contributed by atoms with E-state index < -0.39 is 17.7 Å². The first kappa shape index (κ1) is 26.3. The predicted molar refractivity (Wildman–Crippen MR) is 135 cm³/mol. The number of aliphatic hydroxyl groups is 1. The van der Waals surface area contributed by atoms with Crippen molar-refractivity contribution in [2.45, 2.75) is 51.9 Å². The zero-order valence-electron chi connectivity index (χ0n) is 21.4. The number of aromatic nitrogens is 2. The Balaban J connectivity index is 1.65. The minimum absolute atomic E-state index is 0.0763. The van der Waals surface area contributed by atoms with Gasteiger partial charge in [-0.3, -0.25) is 4.90 Å². The molecule has 0 unspecified atom stereocenters. The maximum atomic E-state index is 14.5. The average Bonchev–Trinajstić information content (AvgIpc) is 3.58. The second-order valence-electron chi connectivity index (χ2n) is 10.5. The van der Waals surface area contributed by atoms with Gasteiger partial charge in [0, 0.05) is 38.3 Å². The summed E-state index contributed by atoms with van der Waals surface area (Å²) in [6, 6.07) is 13.0. The van der Waals surface area contributed by atoms with Crippen LogP contribution >= 0.6 is 0 Å². The van der Waals surface area contributed by atoms with Crippen LogP contribution in [0.1, 0.15) is 39.2 Å². The number of hydrogen-bond donors (Lipinski definition) is 1. The van der Waals surface area contributed by atoms with E-state index in [4.69, 9.17) is 14.6 Å². The molecule has 0 bridgehead atoms. The Bertz CT molecular complexity index is 1160. The summed E-state index contributed by atoms with van der Waals surface area (Å²) in [6.45, 7) is 7.79. The van der Waals surface area contributed by atoms with Gasteiger partial charge in [0.25, 0.3) is 0 Å². The van der Waals surface area contributed by atoms with Crippen LogP contribution in [-0.4, -0.2) is 51.2 Å². The molecule has 1 saturated carbocycles. The average molecular weight is 500 g/mol. The molecule has 1 heterocycles. The third kappa shape index (κ3) is 7.12. The van der Waals surface area contributed by atoms with Gasteiger partial charge in [-0.15, -0.1) is 0 Å². The lowest BCUT2D eigenvalue weighted by atomic mass is 10.1. The van der Waals surface area contributed by atoms with Crippen molar-refractivity contribution in [1.82, 2.24) is 14.7 Å². The van der Waals surface area contributed by atoms with Crippen molar-refractivity contribution in [1.29, 1.82) is 0 Å². The second kappa shape index (κ2) is 11.1. The van der Waals surface area contributed by atoms with Gasteiger partial charge in [0.2, 0.25) is 5.88 Å². The summed E-state index contributed by atoms with van der Waals surface area (Å²) >= 11 is 0. The number of rotatable bonds is 11. The normalized spacial score (nSPS) is 14.9. The number of halogens is 2. The van der Waals surface area contributed by atoms with Gasteiger partial charge in [-0.25, -0.2) is 13.5 Å². The van der Waals surface area contributed by atoms with Crippen molar-refractivity contribution in [2.24, 2.45) is 13.0 Å². The van der Waals surface area contributed by atoms with Crippen LogP contribution in [0.25, 0.3) is 11.3 Å². The van der Waals surface area contributed by atoms with E-state index in [-0.39, 0.29) is 18.0 Å². The molecule has 1 fully saturated rings. The smallest absolute Gasteiger partial charge is 0.222 e.